The number of fused-ring (bicyclic) bond motifs is 1. The van der Waals surface area contributed by atoms with Crippen LogP contribution in [0.2, 0.25) is 0 Å². The molecule has 116 valence electrons. The van der Waals surface area contributed by atoms with Gasteiger partial charge in [-0.1, -0.05) is 6.04 Å². The number of rotatable bonds is 6. The number of benzene rings is 1. The second-order valence-corrected chi connectivity index (χ2v) is 6.51. The van der Waals surface area contributed by atoms with Crippen LogP contribution in [-0.4, -0.2) is 45.8 Å². The van der Waals surface area contributed by atoms with Gasteiger partial charge in [-0.2, -0.15) is 0 Å². The van der Waals surface area contributed by atoms with Crippen LogP contribution in [0.3, 0.4) is 0 Å². The minimum Gasteiger partial charge on any atom is -0.361 e. The van der Waals surface area contributed by atoms with Gasteiger partial charge in [0, 0.05) is 31.9 Å². The van der Waals surface area contributed by atoms with Gasteiger partial charge in [-0.25, -0.2) is 13.1 Å². The van der Waals surface area contributed by atoms with Gasteiger partial charge >= 0.3 is 0 Å². The number of aromatic nitrogens is 1. The van der Waals surface area contributed by atoms with Crippen LogP contribution in [0, 0.1) is 0 Å². The van der Waals surface area contributed by atoms with Crippen molar-refractivity contribution in [3.8, 4) is 0 Å². The highest BCUT2D eigenvalue weighted by Gasteiger charge is 2.21. The fourth-order valence-corrected chi connectivity index (χ4v) is 2.56. The zero-order chi connectivity index (χ0) is 24.2. The Morgan fingerprint density at radius 2 is 2.29 bits per heavy atom. The lowest BCUT2D eigenvalue weighted by Gasteiger charge is -2.13. The van der Waals surface area contributed by atoms with E-state index in [0.29, 0.717) is 4.90 Å². The summed E-state index contributed by atoms with van der Waals surface area (Å²) in [4.78, 5) is 3.07. The van der Waals surface area contributed by atoms with E-state index >= 15 is 0 Å². The van der Waals surface area contributed by atoms with E-state index in [1.807, 2.05) is 4.72 Å². The molecule has 0 fully saturated rings. The molecule has 2 rings (SSSR count). The predicted molar refractivity (Wildman–Crippen MR) is 87.0 cm³/mol. The first-order chi connectivity index (χ1) is 13.9. The standard InChI is InChI=1S/C15H23N3O2S/c1-11(21(19,20)16-2)12-5-6-15-14(9-12)13(10-17-15)7-8-18(3)4/h5-6,9-11,16-17H,7-8H2,1-4H3/i3D3,4D3,5D,6D,9D,11D. The SMILES string of the molecule is [2H]c1c(C([2H])(C)S(=O)(=O)NC)c([2H])c2c(CCN(C([2H])([2H])[2H])C([2H])([2H])[2H])c[nH]c2c1[2H]. The second kappa shape index (κ2) is 6.17. The summed E-state index contributed by atoms with van der Waals surface area (Å²) in [5.41, 5.74) is -0.199. The first kappa shape index (κ1) is 7.26. The number of aromatic amines is 1. The van der Waals surface area contributed by atoms with Crippen LogP contribution in [0.4, 0.5) is 0 Å². The molecule has 6 heteroatoms. The average molecular weight is 319 g/mol. The number of hydrogen-bond donors (Lipinski definition) is 2. The van der Waals surface area contributed by atoms with Crippen LogP contribution in [0.25, 0.3) is 10.9 Å². The quantitative estimate of drug-likeness (QED) is 0.854. The van der Waals surface area contributed by atoms with Crippen molar-refractivity contribution < 1.29 is 22.1 Å². The van der Waals surface area contributed by atoms with Gasteiger partial charge in [0.25, 0.3) is 0 Å². The summed E-state index contributed by atoms with van der Waals surface area (Å²) in [5.74, 6) is 0. The van der Waals surface area contributed by atoms with Gasteiger partial charge in [-0.3, -0.25) is 0 Å². The Morgan fingerprint density at radius 1 is 1.52 bits per heavy atom. The lowest BCUT2D eigenvalue weighted by molar-refractivity contribution is 0.414. The number of nitrogens with zero attached hydrogens (tertiary/aromatic N) is 1. The zero-order valence-corrected chi connectivity index (χ0v) is 12.5. The smallest absolute Gasteiger partial charge is 0.218 e. The molecule has 0 saturated carbocycles. The molecular weight excluding hydrogens is 286 g/mol. The van der Waals surface area contributed by atoms with Gasteiger partial charge in [-0.15, -0.1) is 0 Å². The molecule has 0 aliphatic carbocycles. The Labute approximate surface area is 140 Å². The Bertz CT molecular complexity index is 1080. The molecule has 1 atom stereocenters. The van der Waals surface area contributed by atoms with E-state index in [2.05, 4.69) is 4.98 Å². The fraction of sp³-hybridized carbons (Fsp3) is 0.467. The highest BCUT2D eigenvalue weighted by molar-refractivity contribution is 7.89. The summed E-state index contributed by atoms with van der Waals surface area (Å²) in [6, 6.07) is -1.51. The minimum atomic E-state index is -4.32. The topological polar surface area (TPSA) is 65.2 Å². The maximum atomic E-state index is 12.4. The molecule has 0 spiro atoms. The summed E-state index contributed by atoms with van der Waals surface area (Å²) in [7, 11) is -3.22. The van der Waals surface area contributed by atoms with Crippen molar-refractivity contribution in [1.82, 2.24) is 14.6 Å². The highest BCUT2D eigenvalue weighted by Crippen LogP contribution is 2.26. The molecule has 1 unspecified atom stereocenters. The van der Waals surface area contributed by atoms with Crippen molar-refractivity contribution in [2.45, 2.75) is 18.6 Å². The molecule has 1 aromatic carbocycles. The van der Waals surface area contributed by atoms with Crippen molar-refractivity contribution in [3.05, 3.63) is 35.5 Å². The van der Waals surface area contributed by atoms with Crippen molar-refractivity contribution >= 4 is 20.9 Å². The monoisotopic (exact) mass is 319 g/mol. The number of likely N-dealkylation sites (N-methyl/N-ethyl adjacent to an activating group) is 1. The van der Waals surface area contributed by atoms with E-state index in [4.69, 9.17) is 13.7 Å². The van der Waals surface area contributed by atoms with Crippen molar-refractivity contribution in [3.63, 3.8) is 0 Å². The van der Waals surface area contributed by atoms with Gasteiger partial charge in [0.15, 0.2) is 0 Å². The molecule has 21 heavy (non-hydrogen) atoms. The summed E-state index contributed by atoms with van der Waals surface area (Å²) in [6.07, 6.45) is 1.21. The third-order valence-corrected chi connectivity index (χ3v) is 4.70. The Hall–Kier alpha value is -1.37. The van der Waals surface area contributed by atoms with Gasteiger partial charge < -0.3 is 9.88 Å². The molecular formula is C15H23N3O2S. The van der Waals surface area contributed by atoms with Gasteiger partial charge in [-0.05, 0) is 57.6 Å². The van der Waals surface area contributed by atoms with E-state index in [0.717, 1.165) is 14.0 Å². The first-order valence-corrected chi connectivity index (χ1v) is 7.67. The molecule has 0 saturated heterocycles. The van der Waals surface area contributed by atoms with Crippen molar-refractivity contribution in [2.75, 3.05) is 27.5 Å². The van der Waals surface area contributed by atoms with E-state index in [1.54, 1.807) is 0 Å². The summed E-state index contributed by atoms with van der Waals surface area (Å²) >= 11 is 0. The molecule has 0 aliphatic heterocycles. The molecule has 0 aliphatic rings. The molecule has 1 heterocycles. The van der Waals surface area contributed by atoms with Crippen LogP contribution in [0.1, 0.15) is 37.0 Å². The average Bonchev–Trinajstić information content (AvgIpc) is 3.01. The molecule has 0 bridgehead atoms. The Kier molecular flexibility index (Phi) is 2.13. The van der Waals surface area contributed by atoms with Gasteiger partial charge in [0.2, 0.25) is 10.0 Å². The molecule has 1 aromatic heterocycles. The molecule has 5 nitrogen and oxygen atoms in total. The van der Waals surface area contributed by atoms with Crippen LogP contribution in [-0.2, 0) is 16.4 Å². The number of nitrogens with one attached hydrogen (secondary N) is 2. The summed E-state index contributed by atoms with van der Waals surface area (Å²) in [5, 5.41) is -2.42. The Morgan fingerprint density at radius 3 is 2.95 bits per heavy atom. The fourth-order valence-electron chi connectivity index (χ4n) is 1.88. The Balaban J connectivity index is 2.67. The maximum Gasteiger partial charge on any atom is 0.218 e. The molecule has 0 amide bonds. The number of H-pyrrole nitrogens is 1. The second-order valence-electron chi connectivity index (χ2n) is 4.48. The van der Waals surface area contributed by atoms with Crippen LogP contribution < -0.4 is 4.72 Å². The van der Waals surface area contributed by atoms with E-state index in [9.17, 15) is 8.42 Å². The lowest BCUT2D eigenvalue weighted by Crippen LogP contribution is -2.24. The van der Waals surface area contributed by atoms with Gasteiger partial charge in [0.1, 0.15) is 0 Å². The number of hydrogen-bond acceptors (Lipinski definition) is 3. The van der Waals surface area contributed by atoms with E-state index in [-0.39, 0.29) is 22.9 Å². The van der Waals surface area contributed by atoms with Crippen molar-refractivity contribution in [2.24, 2.45) is 0 Å². The van der Waals surface area contributed by atoms with Gasteiger partial charge in [0.05, 0.1) is 10.7 Å². The van der Waals surface area contributed by atoms with Crippen LogP contribution in [0.5, 0.6) is 0 Å². The maximum absolute atomic E-state index is 12.4. The summed E-state index contributed by atoms with van der Waals surface area (Å²) in [6.45, 7) is -5.24. The van der Waals surface area contributed by atoms with E-state index < -0.39 is 59.4 Å². The first-order valence-electron chi connectivity index (χ1n) is 11.2. The minimum absolute atomic E-state index is 0.0387. The van der Waals surface area contributed by atoms with Crippen molar-refractivity contribution in [1.29, 1.82) is 0 Å². The predicted octanol–water partition coefficient (Wildman–Crippen LogP) is 1.88. The molecule has 2 N–H and O–H groups in total. The largest absolute Gasteiger partial charge is 0.361 e. The number of sulfonamides is 1. The third-order valence-electron chi connectivity index (χ3n) is 3.15. The van der Waals surface area contributed by atoms with Crippen LogP contribution in [0.15, 0.2) is 24.3 Å². The zero-order valence-electron chi connectivity index (χ0n) is 21.7. The van der Waals surface area contributed by atoms with Crippen LogP contribution >= 0.6 is 0 Å². The van der Waals surface area contributed by atoms with E-state index in [1.165, 1.54) is 6.20 Å². The normalized spacial score (nSPS) is 23.6. The highest BCUT2D eigenvalue weighted by atomic mass is 32.2. The summed E-state index contributed by atoms with van der Waals surface area (Å²) < 4.78 is 105. The third kappa shape index (κ3) is 3.45. The lowest BCUT2D eigenvalue weighted by atomic mass is 10.1. The molecule has 2 aromatic rings. The molecule has 0 radical (unpaired) electrons.